The van der Waals surface area contributed by atoms with Crippen LogP contribution in [0, 0.1) is 17.8 Å². The van der Waals surface area contributed by atoms with Crippen molar-refractivity contribution in [1.82, 2.24) is 9.80 Å². The molecule has 1 N–H and O–H groups in total. The number of esters is 1. The maximum absolute atomic E-state index is 14.7. The Morgan fingerprint density at radius 1 is 1.23 bits per heavy atom. The maximum atomic E-state index is 14.7. The summed E-state index contributed by atoms with van der Waals surface area (Å²) in [7, 11) is 0. The summed E-state index contributed by atoms with van der Waals surface area (Å²) in [6.07, 6.45) is 11.9. The van der Waals surface area contributed by atoms with Crippen LogP contribution in [0.5, 0.6) is 0 Å². The Hall–Kier alpha value is -2.19. The zero-order valence-corrected chi connectivity index (χ0v) is 24.1. The van der Waals surface area contributed by atoms with Crippen molar-refractivity contribution in [3.8, 4) is 0 Å². The Balaban J connectivity index is 1.75. The quantitative estimate of drug-likeness (QED) is 0.214. The number of carbonyl (C=O) groups excluding carboxylic acids is 3. The van der Waals surface area contributed by atoms with E-state index in [1.54, 1.807) is 17.1 Å². The molecule has 0 aromatic rings. The maximum Gasteiger partial charge on any atom is 0.312 e. The van der Waals surface area contributed by atoms with Gasteiger partial charge in [-0.3, -0.25) is 14.4 Å². The number of fused-ring (bicyclic) bond motifs is 1. The number of carbonyl (C=O) groups is 3. The molecule has 4 rings (SSSR count). The van der Waals surface area contributed by atoms with Crippen molar-refractivity contribution in [2.45, 2.75) is 114 Å². The van der Waals surface area contributed by atoms with Crippen molar-refractivity contribution in [2.75, 3.05) is 19.8 Å². The lowest BCUT2D eigenvalue weighted by Crippen LogP contribution is -2.61. The minimum absolute atomic E-state index is 0.0379. The molecule has 8 nitrogen and oxygen atoms in total. The predicted octanol–water partition coefficient (Wildman–Crippen LogP) is 4.01. The van der Waals surface area contributed by atoms with Gasteiger partial charge in [-0.05, 0) is 51.4 Å². The number of amides is 2. The molecule has 2 unspecified atom stereocenters. The lowest BCUT2D eigenvalue weighted by Gasteiger charge is -2.43. The molecule has 1 aliphatic carbocycles. The summed E-state index contributed by atoms with van der Waals surface area (Å²) >= 11 is 0. The minimum Gasteiger partial charge on any atom is -0.465 e. The molecule has 218 valence electrons. The number of likely N-dealkylation sites (tertiary alicyclic amines) is 1. The minimum atomic E-state index is -1.12. The molecule has 0 aromatic heterocycles. The van der Waals surface area contributed by atoms with E-state index in [2.05, 4.69) is 13.2 Å². The Bertz CT molecular complexity index is 947. The zero-order chi connectivity index (χ0) is 28.4. The molecular formula is C31H48N2O6. The van der Waals surface area contributed by atoms with Crippen LogP contribution in [0.3, 0.4) is 0 Å². The molecule has 8 heteroatoms. The molecule has 1 spiro atoms. The van der Waals surface area contributed by atoms with Gasteiger partial charge in [0.25, 0.3) is 0 Å². The molecule has 4 fully saturated rings. The molecule has 7 atom stereocenters. The van der Waals surface area contributed by atoms with Crippen LogP contribution >= 0.6 is 0 Å². The van der Waals surface area contributed by atoms with E-state index in [0.29, 0.717) is 25.8 Å². The fourth-order valence-corrected chi connectivity index (χ4v) is 7.77. The highest BCUT2D eigenvalue weighted by molar-refractivity contribution is 5.99. The largest absolute Gasteiger partial charge is 0.465 e. The first-order chi connectivity index (χ1) is 18.7. The van der Waals surface area contributed by atoms with Crippen molar-refractivity contribution in [3.05, 3.63) is 25.3 Å². The van der Waals surface area contributed by atoms with E-state index in [1.165, 1.54) is 0 Å². The Morgan fingerprint density at radius 2 is 1.95 bits per heavy atom. The first-order valence-corrected chi connectivity index (χ1v) is 15.0. The Morgan fingerprint density at radius 3 is 2.56 bits per heavy atom. The second kappa shape index (κ2) is 12.1. The number of hydrogen-bond donors (Lipinski definition) is 1. The van der Waals surface area contributed by atoms with E-state index in [1.807, 2.05) is 25.7 Å². The molecule has 1 saturated carbocycles. The van der Waals surface area contributed by atoms with Gasteiger partial charge >= 0.3 is 5.97 Å². The van der Waals surface area contributed by atoms with Gasteiger partial charge in [0.15, 0.2) is 0 Å². The van der Waals surface area contributed by atoms with Gasteiger partial charge in [0.1, 0.15) is 17.6 Å². The normalized spacial score (nSPS) is 33.5. The Labute approximate surface area is 233 Å². The van der Waals surface area contributed by atoms with Gasteiger partial charge in [0.2, 0.25) is 11.8 Å². The smallest absolute Gasteiger partial charge is 0.312 e. The van der Waals surface area contributed by atoms with Gasteiger partial charge in [-0.2, -0.15) is 0 Å². The van der Waals surface area contributed by atoms with Crippen LogP contribution in [0.1, 0.15) is 85.0 Å². The van der Waals surface area contributed by atoms with Crippen molar-refractivity contribution < 1.29 is 29.0 Å². The van der Waals surface area contributed by atoms with E-state index >= 15 is 0 Å². The van der Waals surface area contributed by atoms with E-state index in [4.69, 9.17) is 9.47 Å². The first-order valence-electron chi connectivity index (χ1n) is 15.0. The van der Waals surface area contributed by atoms with Gasteiger partial charge in [-0.1, -0.05) is 51.7 Å². The monoisotopic (exact) mass is 544 g/mol. The van der Waals surface area contributed by atoms with E-state index < -0.39 is 41.1 Å². The number of allylic oxidation sites excluding steroid dienone is 1. The molecule has 3 saturated heterocycles. The van der Waals surface area contributed by atoms with Crippen molar-refractivity contribution in [3.63, 3.8) is 0 Å². The fraction of sp³-hybridized carbons (Fsp3) is 0.774. The van der Waals surface area contributed by atoms with Crippen LogP contribution < -0.4 is 0 Å². The summed E-state index contributed by atoms with van der Waals surface area (Å²) in [5, 5.41) is 10.5. The van der Waals surface area contributed by atoms with Gasteiger partial charge < -0.3 is 24.4 Å². The lowest BCUT2D eigenvalue weighted by molar-refractivity contribution is -0.163. The van der Waals surface area contributed by atoms with Gasteiger partial charge in [-0.25, -0.2) is 0 Å². The van der Waals surface area contributed by atoms with Crippen LogP contribution in [0.4, 0.5) is 0 Å². The molecule has 39 heavy (non-hydrogen) atoms. The number of aliphatic hydroxyl groups excluding tert-OH is 1. The van der Waals surface area contributed by atoms with Gasteiger partial charge in [-0.15, -0.1) is 13.2 Å². The summed E-state index contributed by atoms with van der Waals surface area (Å²) in [6.45, 7) is 13.9. The summed E-state index contributed by atoms with van der Waals surface area (Å²) in [5.41, 5.74) is -2.00. The third kappa shape index (κ3) is 5.08. The van der Waals surface area contributed by atoms with Crippen LogP contribution in [0.2, 0.25) is 0 Å². The lowest BCUT2D eigenvalue weighted by atomic mass is 9.66. The van der Waals surface area contributed by atoms with Gasteiger partial charge in [0.05, 0.1) is 30.8 Å². The van der Waals surface area contributed by atoms with E-state index in [-0.39, 0.29) is 37.0 Å². The van der Waals surface area contributed by atoms with E-state index in [9.17, 15) is 19.5 Å². The summed E-state index contributed by atoms with van der Waals surface area (Å²) in [4.78, 5) is 46.1. The fourth-order valence-electron chi connectivity index (χ4n) is 7.77. The molecule has 0 radical (unpaired) electrons. The molecule has 3 heterocycles. The standard InChI is InChI=1S/C31H48N2O6/c1-6-9-13-19-38-29(37)25-24-27(35)33(23(20-34)21(4)8-3)26(31(24)17-16-30(25,5)39-31)28(36)32(18-7-2)22-14-11-10-12-15-22/h6-7,21-26,34H,1-2,8-20H2,3-5H3/t21-,23-,24-,25+,26?,30-,31?/m0/s1. The summed E-state index contributed by atoms with van der Waals surface area (Å²) in [6, 6.07) is -1.37. The highest BCUT2D eigenvalue weighted by Gasteiger charge is 2.79. The van der Waals surface area contributed by atoms with Crippen LogP contribution in [-0.4, -0.2) is 81.8 Å². The SMILES string of the molecule is C=CCCCOC(=O)[C@H]1[C@H]2C(=O)N([C@@H](CO)[C@@H](C)CC)C(C(=O)N(CC=C)C3CCCCC3)C23CC[C@]1(C)O3. The molecule has 4 aliphatic rings. The highest BCUT2D eigenvalue weighted by Crippen LogP contribution is 2.64. The van der Waals surface area contributed by atoms with E-state index in [0.717, 1.165) is 44.9 Å². The highest BCUT2D eigenvalue weighted by atomic mass is 16.6. The van der Waals surface area contributed by atoms with Crippen molar-refractivity contribution in [2.24, 2.45) is 17.8 Å². The molecular weight excluding hydrogens is 496 g/mol. The predicted molar refractivity (Wildman–Crippen MR) is 149 cm³/mol. The molecule has 2 bridgehead atoms. The second-order valence-electron chi connectivity index (χ2n) is 12.3. The van der Waals surface area contributed by atoms with Crippen molar-refractivity contribution >= 4 is 17.8 Å². The first kappa shape index (κ1) is 29.8. The molecule has 0 aromatic carbocycles. The molecule has 2 amide bonds. The number of nitrogens with zero attached hydrogens (tertiary/aromatic N) is 2. The Kier molecular flexibility index (Phi) is 9.26. The third-order valence-electron chi connectivity index (χ3n) is 9.97. The molecule has 3 aliphatic heterocycles. The number of rotatable bonds is 13. The topological polar surface area (TPSA) is 96.4 Å². The zero-order valence-electron chi connectivity index (χ0n) is 24.1. The number of ether oxygens (including phenoxy) is 2. The number of hydrogen-bond acceptors (Lipinski definition) is 6. The van der Waals surface area contributed by atoms with Crippen LogP contribution in [0.25, 0.3) is 0 Å². The summed E-state index contributed by atoms with van der Waals surface area (Å²) < 4.78 is 12.4. The van der Waals surface area contributed by atoms with Crippen LogP contribution in [-0.2, 0) is 23.9 Å². The van der Waals surface area contributed by atoms with Crippen LogP contribution in [0.15, 0.2) is 25.3 Å². The third-order valence-corrected chi connectivity index (χ3v) is 9.97. The average Bonchev–Trinajstić information content (AvgIpc) is 3.51. The second-order valence-corrected chi connectivity index (χ2v) is 12.3. The van der Waals surface area contributed by atoms with Crippen molar-refractivity contribution in [1.29, 1.82) is 0 Å². The number of unbranched alkanes of at least 4 members (excludes halogenated alkanes) is 1. The number of aliphatic hydroxyl groups is 1. The summed E-state index contributed by atoms with van der Waals surface area (Å²) in [5.74, 6) is -2.50. The average molecular weight is 545 g/mol. The van der Waals surface area contributed by atoms with Gasteiger partial charge in [0, 0.05) is 12.6 Å².